The second-order valence-corrected chi connectivity index (χ2v) is 26.6. The van der Waals surface area contributed by atoms with Gasteiger partial charge in [0.15, 0.2) is 0 Å². The maximum atomic E-state index is 15.5. The fourth-order valence-electron chi connectivity index (χ4n) is 13.5. The number of aryl methyl sites for hydroxylation is 2. The number of fused-ring (bicyclic) bond motifs is 2. The first-order chi connectivity index (χ1) is 38.0. The molecule has 3 rings (SSSR count). The Hall–Kier alpha value is -2.36. The van der Waals surface area contributed by atoms with Gasteiger partial charge >= 0.3 is 0 Å². The fraction of sp³-hybridized carbons (Fsp3) is 0.838. The predicted octanol–water partition coefficient (Wildman–Crippen LogP) is 23.4. The third kappa shape index (κ3) is 26.3. The van der Waals surface area contributed by atoms with Crippen molar-refractivity contribution in [1.82, 2.24) is 8.97 Å². The predicted molar refractivity (Wildman–Crippen MR) is 349 cm³/mol. The monoisotopic (exact) mass is 1080 g/mol. The van der Waals surface area contributed by atoms with E-state index in [9.17, 15) is 0 Å². The highest BCUT2D eigenvalue weighted by molar-refractivity contribution is 5.92. The van der Waals surface area contributed by atoms with Crippen molar-refractivity contribution in [2.24, 2.45) is 11.8 Å². The van der Waals surface area contributed by atoms with E-state index in [1.807, 2.05) is 0 Å². The van der Waals surface area contributed by atoms with Gasteiger partial charge in [-0.05, 0) is 80.5 Å². The van der Waals surface area contributed by atoms with Gasteiger partial charge in [-0.3, -0.25) is 14.0 Å². The van der Waals surface area contributed by atoms with Crippen molar-refractivity contribution in [3.63, 3.8) is 0 Å². The summed E-state index contributed by atoms with van der Waals surface area (Å²) in [5.74, 6) is 1.68. The molecule has 0 aliphatic carbocycles. The molecule has 4 heteroatoms. The van der Waals surface area contributed by atoms with E-state index in [1.54, 1.807) is 0 Å². The van der Waals surface area contributed by atoms with Crippen molar-refractivity contribution in [3.05, 3.63) is 55.0 Å². The second-order valence-electron chi connectivity index (χ2n) is 26.6. The molecule has 0 N–H and O–H groups in total. The molecule has 3 heterocycles. The standard InChI is InChI=1S/C74H132N2O2/c1-11-17-21-25-29-33-37-43-52-63(53-44-38-34-30-26-22-18-12-2)56-47-41-49-58-65-67(51-15-5)75(62(7)16-6)72(77)70-66(68-60-61-69(74(8,9)10)76(68)73(78)71(65)70)59-50-42-48-57-64(54-45-39-35-31-27-23-19-13-3)55-46-40-36-32-28-24-20-14-4/h51,60-64H,11-50,52-59H2,1-10H3/b67-51-. The van der Waals surface area contributed by atoms with Gasteiger partial charge in [-0.25, -0.2) is 0 Å². The first-order valence-electron chi connectivity index (χ1n) is 35.3. The van der Waals surface area contributed by atoms with Crippen LogP contribution in [0.15, 0.2) is 21.7 Å². The Balaban J connectivity index is 1.88. The normalized spacial score (nSPS) is 13.0. The van der Waals surface area contributed by atoms with Gasteiger partial charge in [0.2, 0.25) is 0 Å². The highest BCUT2D eigenvalue weighted by atomic mass is 16.1. The van der Waals surface area contributed by atoms with Crippen molar-refractivity contribution >= 4 is 22.4 Å². The molecule has 4 nitrogen and oxygen atoms in total. The van der Waals surface area contributed by atoms with E-state index in [1.165, 1.54) is 270 Å². The van der Waals surface area contributed by atoms with E-state index in [-0.39, 0.29) is 22.6 Å². The van der Waals surface area contributed by atoms with Gasteiger partial charge in [-0.15, -0.1) is 0 Å². The lowest BCUT2D eigenvalue weighted by atomic mass is 9.88. The number of pyridine rings is 2. The van der Waals surface area contributed by atoms with Crippen molar-refractivity contribution in [3.8, 4) is 0 Å². The van der Waals surface area contributed by atoms with Gasteiger partial charge in [0.05, 0.1) is 16.3 Å². The Morgan fingerprint density at radius 1 is 0.410 bits per heavy atom. The van der Waals surface area contributed by atoms with Crippen LogP contribution in [0.25, 0.3) is 22.4 Å². The minimum atomic E-state index is -0.209. The lowest BCUT2D eigenvalue weighted by Crippen LogP contribution is -2.40. The number of hydrogen-bond donors (Lipinski definition) is 0. The van der Waals surface area contributed by atoms with Gasteiger partial charge in [0.1, 0.15) is 0 Å². The quantitative estimate of drug-likeness (QED) is 0.0529. The maximum absolute atomic E-state index is 15.5. The molecule has 0 aliphatic heterocycles. The van der Waals surface area contributed by atoms with Crippen LogP contribution in [0.5, 0.6) is 0 Å². The zero-order chi connectivity index (χ0) is 56.6. The zero-order valence-corrected chi connectivity index (χ0v) is 54.1. The van der Waals surface area contributed by atoms with Gasteiger partial charge in [0, 0.05) is 22.5 Å². The molecule has 1 atom stereocenters. The number of unbranched alkanes of at least 4 members (excludes halogenated alkanes) is 32. The maximum Gasteiger partial charge on any atom is 0.263 e. The van der Waals surface area contributed by atoms with Crippen LogP contribution >= 0.6 is 0 Å². The van der Waals surface area contributed by atoms with Gasteiger partial charge < -0.3 is 4.57 Å². The van der Waals surface area contributed by atoms with Crippen molar-refractivity contribution in [1.29, 1.82) is 0 Å². The van der Waals surface area contributed by atoms with Crippen molar-refractivity contribution in [2.45, 2.75) is 389 Å². The molecule has 450 valence electrons. The van der Waals surface area contributed by atoms with Crippen molar-refractivity contribution < 1.29 is 0 Å². The molecule has 1 unspecified atom stereocenters. The smallest absolute Gasteiger partial charge is 0.263 e. The average molecular weight is 1080 g/mol. The molecular weight excluding hydrogens is 949 g/mol. The first kappa shape index (κ1) is 69.9. The van der Waals surface area contributed by atoms with E-state index in [2.05, 4.69) is 96.4 Å². The molecule has 0 aromatic carbocycles. The molecule has 78 heavy (non-hydrogen) atoms. The van der Waals surface area contributed by atoms with Crippen LogP contribution in [0.1, 0.15) is 387 Å². The third-order valence-corrected chi connectivity index (χ3v) is 18.6. The summed E-state index contributed by atoms with van der Waals surface area (Å²) in [5, 5.41) is 2.51. The molecule has 3 aromatic heterocycles. The van der Waals surface area contributed by atoms with E-state index < -0.39 is 0 Å². The Kier molecular flexibility index (Phi) is 38.8. The highest BCUT2D eigenvalue weighted by Crippen LogP contribution is 2.32. The van der Waals surface area contributed by atoms with Crippen LogP contribution in [-0.2, 0) is 18.3 Å². The summed E-state index contributed by atoms with van der Waals surface area (Å²) in [6, 6.07) is 4.45. The SMILES string of the molecule is CC/C=c1/c(CCCCCC(CCCCCCCCCC)CCCCCCCCCC)c2c(=O)n3c(C(C)(C)C)ccc3c(CCCCCC(CCCCCCCCCC)CCCCCCCCCC)c2c(=O)n1C(C)CC. The molecule has 0 spiro atoms. The summed E-state index contributed by atoms with van der Waals surface area (Å²) in [7, 11) is 0. The zero-order valence-electron chi connectivity index (χ0n) is 54.1. The highest BCUT2D eigenvalue weighted by Gasteiger charge is 2.27. The lowest BCUT2D eigenvalue weighted by Gasteiger charge is -2.23. The van der Waals surface area contributed by atoms with E-state index in [0.29, 0.717) is 0 Å². The minimum Gasteiger partial charge on any atom is -0.306 e. The molecule has 0 bridgehead atoms. The van der Waals surface area contributed by atoms with Crippen molar-refractivity contribution in [2.75, 3.05) is 0 Å². The van der Waals surface area contributed by atoms with E-state index >= 15 is 9.59 Å². The molecule has 0 amide bonds. The molecule has 0 saturated heterocycles. The van der Waals surface area contributed by atoms with E-state index in [0.717, 1.165) is 88.8 Å². The summed E-state index contributed by atoms with van der Waals surface area (Å²) >= 11 is 0. The number of nitrogens with zero attached hydrogens (tertiary/aromatic N) is 2. The molecule has 0 fully saturated rings. The number of aromatic nitrogens is 2. The number of hydrogen-bond acceptors (Lipinski definition) is 2. The average Bonchev–Trinajstić information content (AvgIpc) is 4.07. The van der Waals surface area contributed by atoms with Crippen LogP contribution in [-0.4, -0.2) is 8.97 Å². The Bertz CT molecular complexity index is 2080. The molecular formula is C74H132N2O2. The summed E-state index contributed by atoms with van der Waals surface area (Å²) < 4.78 is 4.20. The Morgan fingerprint density at radius 3 is 1.06 bits per heavy atom. The van der Waals surface area contributed by atoms with Crippen LogP contribution in [0.2, 0.25) is 0 Å². The van der Waals surface area contributed by atoms with Crippen LogP contribution in [0.3, 0.4) is 0 Å². The topological polar surface area (TPSA) is 43.5 Å². The Labute approximate surface area is 484 Å². The first-order valence-corrected chi connectivity index (χ1v) is 35.3. The van der Waals surface area contributed by atoms with Gasteiger partial charge in [-0.1, -0.05) is 338 Å². The number of rotatable bonds is 51. The third-order valence-electron chi connectivity index (χ3n) is 18.6. The Morgan fingerprint density at radius 2 is 0.731 bits per heavy atom. The van der Waals surface area contributed by atoms with Crippen LogP contribution in [0.4, 0.5) is 0 Å². The van der Waals surface area contributed by atoms with Crippen LogP contribution in [0, 0.1) is 11.8 Å². The summed E-state index contributed by atoms with van der Waals surface area (Å²) in [5.41, 5.74) is 4.21. The van der Waals surface area contributed by atoms with E-state index in [4.69, 9.17) is 0 Å². The van der Waals surface area contributed by atoms with Gasteiger partial charge in [-0.2, -0.15) is 0 Å². The largest absolute Gasteiger partial charge is 0.306 e. The van der Waals surface area contributed by atoms with Gasteiger partial charge in [0.25, 0.3) is 11.1 Å². The summed E-state index contributed by atoms with van der Waals surface area (Å²) in [6.45, 7) is 22.6. The second kappa shape index (κ2) is 43.3. The minimum absolute atomic E-state index is 0.0355. The molecule has 3 aromatic rings. The summed E-state index contributed by atoms with van der Waals surface area (Å²) in [6.07, 6.45) is 65.7. The van der Waals surface area contributed by atoms with Crippen LogP contribution < -0.4 is 16.5 Å². The molecule has 0 radical (unpaired) electrons. The lowest BCUT2D eigenvalue weighted by molar-refractivity contribution is 0.366. The summed E-state index contributed by atoms with van der Waals surface area (Å²) in [4.78, 5) is 30.9. The fourth-order valence-corrected chi connectivity index (χ4v) is 13.5. The molecule has 0 aliphatic rings. The molecule has 0 saturated carbocycles.